The predicted octanol–water partition coefficient (Wildman–Crippen LogP) is 8.42. The number of piperidine rings is 1. The van der Waals surface area contributed by atoms with Gasteiger partial charge in [-0.15, -0.1) is 0 Å². The molecule has 0 aromatic heterocycles. The Morgan fingerprint density at radius 1 is 0.892 bits per heavy atom. The lowest BCUT2D eigenvalue weighted by molar-refractivity contribution is -0.125. The first kappa shape index (κ1) is 44.5. The van der Waals surface area contributed by atoms with Crippen LogP contribution in [0.15, 0.2) is 91.1 Å². The third-order valence-electron chi connectivity index (χ3n) is 13.9. The van der Waals surface area contributed by atoms with Gasteiger partial charge in [-0.3, -0.25) is 39.0 Å². The van der Waals surface area contributed by atoms with Gasteiger partial charge in [-0.2, -0.15) is 0 Å². The lowest BCUT2D eigenvalue weighted by atomic mass is 9.55. The van der Waals surface area contributed by atoms with Gasteiger partial charge < -0.3 is 20.7 Å². The summed E-state index contributed by atoms with van der Waals surface area (Å²) in [5.74, 6) is -3.90. The highest BCUT2D eigenvalue weighted by atomic mass is 35.5. The van der Waals surface area contributed by atoms with E-state index in [1.807, 2.05) is 12.1 Å². The molecule has 1 saturated carbocycles. The second-order valence-corrected chi connectivity index (χ2v) is 18.5. The molecule has 4 aliphatic heterocycles. The Balaban J connectivity index is 0.817. The van der Waals surface area contributed by atoms with Crippen molar-refractivity contribution in [2.45, 2.75) is 99.6 Å². The van der Waals surface area contributed by atoms with Gasteiger partial charge >= 0.3 is 0 Å². The Labute approximate surface area is 385 Å². The molecule has 2 spiro atoms. The van der Waals surface area contributed by atoms with Crippen LogP contribution in [-0.4, -0.2) is 71.1 Å². The highest BCUT2D eigenvalue weighted by Crippen LogP contribution is 2.63. The minimum atomic E-state index is -1.36. The molecular formula is C50H48Cl2FN5O7. The van der Waals surface area contributed by atoms with E-state index in [0.717, 1.165) is 24.2 Å². The molecule has 4 N–H and O–H groups in total. The summed E-state index contributed by atoms with van der Waals surface area (Å²) < 4.78 is 22.1. The van der Waals surface area contributed by atoms with Crippen LogP contribution in [0.2, 0.25) is 10.0 Å². The van der Waals surface area contributed by atoms with Crippen molar-refractivity contribution in [1.82, 2.24) is 15.5 Å². The SMILES string of the molecule is C=C1CCC(N2C(=O)c3cccc(CCCOCCCC(=O)c4ccc(NC(=O)[C@@H]5NC6(CCCCC6)[C@@]6(C(=O)Nc7cc(Cl)ccc76)[C@H]5c5cccc(Cl)c5F)cc4)c3C2=O)C(=O)N1. The molecule has 5 amide bonds. The fourth-order valence-corrected chi connectivity index (χ4v) is 11.4. The Morgan fingerprint density at radius 2 is 1.65 bits per heavy atom. The Hall–Kier alpha value is -5.73. The summed E-state index contributed by atoms with van der Waals surface area (Å²) in [7, 11) is 0. The molecule has 4 heterocycles. The summed E-state index contributed by atoms with van der Waals surface area (Å²) in [6, 6.07) is 19.7. The maximum atomic E-state index is 16.3. The fourth-order valence-electron chi connectivity index (χ4n) is 11.0. The molecule has 65 heavy (non-hydrogen) atoms. The van der Waals surface area contributed by atoms with Crippen molar-refractivity contribution < 1.29 is 37.9 Å². The molecule has 2 saturated heterocycles. The fraction of sp³-hybridized carbons (Fsp3) is 0.360. The van der Waals surface area contributed by atoms with Gasteiger partial charge in [0.1, 0.15) is 17.3 Å². The van der Waals surface area contributed by atoms with E-state index in [-0.39, 0.29) is 28.7 Å². The van der Waals surface area contributed by atoms with Gasteiger partial charge in [-0.05, 0) is 110 Å². The predicted molar refractivity (Wildman–Crippen MR) is 244 cm³/mol. The van der Waals surface area contributed by atoms with Gasteiger partial charge in [0, 0.05) is 58.7 Å². The molecule has 1 unspecified atom stereocenters. The van der Waals surface area contributed by atoms with Crippen molar-refractivity contribution in [3.63, 3.8) is 0 Å². The number of fused-ring (bicyclic) bond motifs is 4. The number of allylic oxidation sites excluding steroid dienone is 1. The molecule has 5 aliphatic rings. The molecule has 0 bridgehead atoms. The van der Waals surface area contributed by atoms with Crippen LogP contribution in [0.4, 0.5) is 15.8 Å². The van der Waals surface area contributed by atoms with Crippen molar-refractivity contribution in [2.24, 2.45) is 0 Å². The number of ketones is 1. The van der Waals surface area contributed by atoms with Crippen molar-refractivity contribution in [3.05, 3.63) is 140 Å². The average Bonchev–Trinajstić information content (AvgIpc) is 3.85. The van der Waals surface area contributed by atoms with Crippen LogP contribution >= 0.6 is 23.2 Å². The number of imide groups is 1. The molecule has 15 heteroatoms. The number of aryl methyl sites for hydroxylation is 1. The van der Waals surface area contributed by atoms with E-state index in [9.17, 15) is 28.8 Å². The maximum Gasteiger partial charge on any atom is 0.262 e. The number of halogens is 3. The Kier molecular flexibility index (Phi) is 12.3. The number of Topliss-reactive ketones (excluding diaryl/α,β-unsaturated/α-hetero) is 1. The second kappa shape index (κ2) is 17.9. The van der Waals surface area contributed by atoms with Crippen LogP contribution in [-0.2, 0) is 31.0 Å². The molecule has 3 fully saturated rings. The number of hydrogen-bond acceptors (Lipinski definition) is 8. The molecule has 4 aromatic rings. The zero-order valence-corrected chi connectivity index (χ0v) is 37.1. The molecular weight excluding hydrogens is 872 g/mol. The highest BCUT2D eigenvalue weighted by Gasteiger charge is 2.72. The number of ether oxygens (including phenoxy) is 1. The van der Waals surface area contributed by atoms with Crippen molar-refractivity contribution in [2.75, 3.05) is 23.8 Å². The summed E-state index contributed by atoms with van der Waals surface area (Å²) in [6.45, 7) is 4.49. The number of nitrogens with one attached hydrogen (secondary N) is 4. The summed E-state index contributed by atoms with van der Waals surface area (Å²) in [5, 5.41) is 12.6. The van der Waals surface area contributed by atoms with Gasteiger partial charge in [-0.25, -0.2) is 4.39 Å². The Morgan fingerprint density at radius 3 is 2.42 bits per heavy atom. The first-order valence-corrected chi connectivity index (χ1v) is 22.9. The topological polar surface area (TPSA) is 163 Å². The van der Waals surface area contributed by atoms with E-state index in [1.165, 1.54) is 6.07 Å². The van der Waals surface area contributed by atoms with E-state index in [0.29, 0.717) is 108 Å². The van der Waals surface area contributed by atoms with Gasteiger partial charge in [0.25, 0.3) is 11.8 Å². The lowest BCUT2D eigenvalue weighted by Crippen LogP contribution is -2.60. The monoisotopic (exact) mass is 919 g/mol. The molecule has 12 nitrogen and oxygen atoms in total. The zero-order valence-electron chi connectivity index (χ0n) is 35.6. The number of anilines is 2. The average molecular weight is 921 g/mol. The largest absolute Gasteiger partial charge is 0.381 e. The van der Waals surface area contributed by atoms with Crippen LogP contribution in [0.3, 0.4) is 0 Å². The number of benzene rings is 4. The second-order valence-electron chi connectivity index (χ2n) is 17.6. The summed E-state index contributed by atoms with van der Waals surface area (Å²) >= 11 is 12.8. The van der Waals surface area contributed by atoms with E-state index in [2.05, 4.69) is 27.8 Å². The van der Waals surface area contributed by atoms with Crippen LogP contribution in [0.1, 0.15) is 118 Å². The third-order valence-corrected chi connectivity index (χ3v) is 14.4. The van der Waals surface area contributed by atoms with Gasteiger partial charge in [0.15, 0.2) is 5.78 Å². The Bertz CT molecular complexity index is 2650. The zero-order chi connectivity index (χ0) is 45.6. The van der Waals surface area contributed by atoms with E-state index in [1.54, 1.807) is 60.7 Å². The van der Waals surface area contributed by atoms with Crippen LogP contribution < -0.4 is 21.3 Å². The van der Waals surface area contributed by atoms with Crippen molar-refractivity contribution >= 4 is 69.9 Å². The van der Waals surface area contributed by atoms with Gasteiger partial charge in [0.05, 0.1) is 22.2 Å². The molecule has 4 aromatic carbocycles. The molecule has 336 valence electrons. The van der Waals surface area contributed by atoms with Crippen molar-refractivity contribution in [3.8, 4) is 0 Å². The number of carbonyl (C=O) groups is 6. The van der Waals surface area contributed by atoms with E-state index in [4.69, 9.17) is 27.9 Å². The molecule has 4 atom stereocenters. The molecule has 1 aliphatic carbocycles. The van der Waals surface area contributed by atoms with Crippen molar-refractivity contribution in [1.29, 1.82) is 0 Å². The minimum absolute atomic E-state index is 0.101. The smallest absolute Gasteiger partial charge is 0.262 e. The summed E-state index contributed by atoms with van der Waals surface area (Å²) in [5.41, 5.74) is 1.91. The van der Waals surface area contributed by atoms with Gasteiger partial charge in [-0.1, -0.05) is 79.4 Å². The van der Waals surface area contributed by atoms with E-state index >= 15 is 4.39 Å². The lowest BCUT2D eigenvalue weighted by Gasteiger charge is -2.47. The first-order valence-electron chi connectivity index (χ1n) is 22.2. The summed E-state index contributed by atoms with van der Waals surface area (Å²) in [4.78, 5) is 82.7. The number of nitrogens with zero attached hydrogens (tertiary/aromatic N) is 1. The van der Waals surface area contributed by atoms with Crippen LogP contribution in [0.5, 0.6) is 0 Å². The maximum absolute atomic E-state index is 16.3. The minimum Gasteiger partial charge on any atom is -0.381 e. The summed E-state index contributed by atoms with van der Waals surface area (Å²) in [6.07, 6.45) is 6.35. The third kappa shape index (κ3) is 7.75. The standard InChI is InChI=1S/C50H48Cl2FN5O7/c1-28-15-22-38(44(60)54-28)58-46(62)33-11-5-9-30(40(33)47(58)63)10-7-25-65-26-8-14-39(59)29-16-19-32(20-17-29)55-45(61)43-41(34-12-6-13-36(52)42(34)53)50(49(57-43)23-3-2-4-24-49)35-21-18-31(51)27-37(35)56-48(50)64/h5-6,9,11-13,16-21,27,38,41,43,57H,1-4,7-8,10,14-15,22-26H2,(H,54,60)(H,55,61)(H,56,64)/t38?,41-,43+,50+/m0/s1. The number of amides is 5. The van der Waals surface area contributed by atoms with E-state index < -0.39 is 58.4 Å². The number of rotatable bonds is 13. The first-order chi connectivity index (χ1) is 31.3. The van der Waals surface area contributed by atoms with Crippen LogP contribution in [0, 0.1) is 5.82 Å². The number of hydrogen-bond donors (Lipinski definition) is 4. The highest BCUT2D eigenvalue weighted by molar-refractivity contribution is 6.31. The molecule has 0 radical (unpaired) electrons. The number of carbonyl (C=O) groups excluding carboxylic acids is 6. The van der Waals surface area contributed by atoms with Crippen LogP contribution in [0.25, 0.3) is 0 Å². The quantitative estimate of drug-likeness (QED) is 0.0591. The van der Waals surface area contributed by atoms with Gasteiger partial charge in [0.2, 0.25) is 17.7 Å². The normalized spacial score (nSPS) is 23.2. The molecule has 9 rings (SSSR count).